The number of rotatable bonds is 8. The minimum absolute atomic E-state index is 0.0622. The van der Waals surface area contributed by atoms with Crippen LogP contribution in [-0.4, -0.2) is 76.6 Å². The summed E-state index contributed by atoms with van der Waals surface area (Å²) in [5, 5.41) is 11.8. The molecule has 57 heavy (non-hydrogen) atoms. The Labute approximate surface area is 332 Å². The van der Waals surface area contributed by atoms with E-state index in [0.717, 1.165) is 29.6 Å². The molecule has 1 aromatic heterocycles. The summed E-state index contributed by atoms with van der Waals surface area (Å²) in [6.07, 6.45) is -2.70. The molecule has 3 heterocycles. The number of alkyl carbamates (subject to hydrolysis) is 1. The average molecular weight is 796 g/mol. The molecule has 4 amide bonds. The van der Waals surface area contributed by atoms with Crippen molar-refractivity contribution in [3.8, 4) is 0 Å². The molecule has 0 saturated carbocycles. The molecule has 2 aliphatic rings. The molecule has 310 valence electrons. The first-order chi connectivity index (χ1) is 26.6. The zero-order valence-corrected chi connectivity index (χ0v) is 33.8. The first kappa shape index (κ1) is 44.7. The van der Waals surface area contributed by atoms with Gasteiger partial charge in [-0.05, 0) is 119 Å². The van der Waals surface area contributed by atoms with Gasteiger partial charge in [-0.3, -0.25) is 19.4 Å². The van der Waals surface area contributed by atoms with Crippen molar-refractivity contribution >= 4 is 35.2 Å². The fourth-order valence-corrected chi connectivity index (χ4v) is 6.38. The summed E-state index contributed by atoms with van der Waals surface area (Å²) >= 11 is 0. The minimum atomic E-state index is -4.56. The molecule has 0 unspecified atom stereocenters. The van der Waals surface area contributed by atoms with Gasteiger partial charge in [0.1, 0.15) is 16.8 Å². The van der Waals surface area contributed by atoms with E-state index in [4.69, 9.17) is 10.5 Å². The van der Waals surface area contributed by atoms with Gasteiger partial charge in [-0.25, -0.2) is 4.79 Å². The number of carbonyl (C=O) groups is 4. The van der Waals surface area contributed by atoms with E-state index in [1.807, 2.05) is 48.5 Å². The zero-order chi connectivity index (χ0) is 42.2. The van der Waals surface area contributed by atoms with E-state index in [9.17, 15) is 32.3 Å². The molecule has 0 aliphatic carbocycles. The maximum absolute atomic E-state index is 13.0. The van der Waals surface area contributed by atoms with Crippen molar-refractivity contribution in [3.63, 3.8) is 0 Å². The van der Waals surface area contributed by atoms with Crippen molar-refractivity contribution in [2.24, 2.45) is 5.73 Å². The van der Waals surface area contributed by atoms with Crippen molar-refractivity contribution in [2.75, 3.05) is 36.8 Å². The molecule has 0 atom stereocenters. The van der Waals surface area contributed by atoms with Crippen LogP contribution in [0.15, 0.2) is 66.9 Å². The molecule has 2 saturated heterocycles. The number of pyridine rings is 1. The second-order valence-electron chi connectivity index (χ2n) is 16.3. The number of benzene rings is 2. The Kier molecular flexibility index (Phi) is 14.5. The van der Waals surface area contributed by atoms with E-state index in [-0.39, 0.29) is 43.3 Å². The Morgan fingerprint density at radius 2 is 1.26 bits per heavy atom. The Morgan fingerprint density at radius 1 is 0.772 bits per heavy atom. The number of nitrogens with one attached hydrogen (secondary N) is 4. The van der Waals surface area contributed by atoms with Crippen molar-refractivity contribution in [1.82, 2.24) is 20.5 Å². The molecule has 3 aromatic rings. The molecule has 0 spiro atoms. The number of ether oxygens (including phenoxy) is 1. The topological polar surface area (TPSA) is 168 Å². The van der Waals surface area contributed by atoms with Crippen LogP contribution in [-0.2, 0) is 20.5 Å². The predicted octanol–water partition coefficient (Wildman–Crippen LogP) is 7.19. The van der Waals surface area contributed by atoms with Crippen LogP contribution in [0.2, 0.25) is 0 Å². The fourth-order valence-electron chi connectivity index (χ4n) is 6.38. The predicted molar refractivity (Wildman–Crippen MR) is 214 cm³/mol. The highest BCUT2D eigenvalue weighted by atomic mass is 19.4. The molecule has 15 heteroatoms. The number of piperidine rings is 2. The summed E-state index contributed by atoms with van der Waals surface area (Å²) < 4.78 is 43.3. The normalized spacial score (nSPS) is 16.5. The molecule has 12 nitrogen and oxygen atoms in total. The summed E-state index contributed by atoms with van der Waals surface area (Å²) in [5.74, 6) is -0.153. The van der Waals surface area contributed by atoms with E-state index < -0.39 is 40.5 Å². The number of hydrogen-bond acceptors (Lipinski definition) is 8. The molecule has 0 bridgehead atoms. The Hall–Kier alpha value is -5.02. The lowest BCUT2D eigenvalue weighted by atomic mass is 9.87. The molecule has 6 N–H and O–H groups in total. The Morgan fingerprint density at radius 3 is 1.68 bits per heavy atom. The van der Waals surface area contributed by atoms with Crippen molar-refractivity contribution in [1.29, 1.82) is 0 Å². The van der Waals surface area contributed by atoms with Crippen LogP contribution >= 0.6 is 0 Å². The first-order valence-corrected chi connectivity index (χ1v) is 19.3. The summed E-state index contributed by atoms with van der Waals surface area (Å²) in [4.78, 5) is 55.4. The number of nitrogens with two attached hydrogens (primary N) is 1. The van der Waals surface area contributed by atoms with E-state index in [0.29, 0.717) is 43.5 Å². The highest BCUT2D eigenvalue weighted by Crippen LogP contribution is 2.29. The van der Waals surface area contributed by atoms with Crippen molar-refractivity contribution in [3.05, 3.63) is 89.2 Å². The molecule has 2 aliphatic heterocycles. The van der Waals surface area contributed by atoms with Gasteiger partial charge in [0.05, 0.1) is 11.1 Å². The van der Waals surface area contributed by atoms with Gasteiger partial charge in [-0.2, -0.15) is 13.2 Å². The van der Waals surface area contributed by atoms with Gasteiger partial charge in [0.15, 0.2) is 0 Å². The molecule has 5 rings (SSSR count). The summed E-state index contributed by atoms with van der Waals surface area (Å²) in [5.41, 5.74) is 6.35. The minimum Gasteiger partial charge on any atom is -0.444 e. The zero-order valence-electron chi connectivity index (χ0n) is 33.8. The number of anilines is 2. The second-order valence-corrected chi connectivity index (χ2v) is 16.3. The number of carbonyl (C=O) groups excluding carboxylic acids is 4. The fraction of sp³-hybridized carbons (Fsp3) is 0.500. The van der Waals surface area contributed by atoms with E-state index in [2.05, 4.69) is 53.9 Å². The number of halogens is 3. The largest absolute Gasteiger partial charge is 0.444 e. The van der Waals surface area contributed by atoms with Crippen LogP contribution in [0.4, 0.5) is 29.3 Å². The monoisotopic (exact) mass is 795 g/mol. The van der Waals surface area contributed by atoms with E-state index in [1.54, 1.807) is 20.8 Å². The molecular formula is C42H56F3N7O5. The Balaban J connectivity index is 0.000000257. The van der Waals surface area contributed by atoms with Gasteiger partial charge in [0, 0.05) is 30.7 Å². The third-order valence-electron chi connectivity index (χ3n) is 10.00. The lowest BCUT2D eigenvalue weighted by Crippen LogP contribution is -2.61. The number of likely N-dealkylation sites (tertiary alicyclic amines) is 1. The van der Waals surface area contributed by atoms with Crippen LogP contribution in [0.1, 0.15) is 113 Å². The molecule has 0 radical (unpaired) electrons. The third-order valence-corrected chi connectivity index (χ3v) is 10.00. The van der Waals surface area contributed by atoms with Crippen molar-refractivity contribution in [2.45, 2.75) is 109 Å². The lowest BCUT2D eigenvalue weighted by Gasteiger charge is -2.38. The maximum Gasteiger partial charge on any atom is 0.433 e. The quantitative estimate of drug-likeness (QED) is 0.160. The molecular weight excluding hydrogens is 739 g/mol. The lowest BCUT2D eigenvalue weighted by molar-refractivity contribution is -0.141. The van der Waals surface area contributed by atoms with E-state index >= 15 is 0 Å². The van der Waals surface area contributed by atoms with Gasteiger partial charge in [0.25, 0.3) is 5.91 Å². The van der Waals surface area contributed by atoms with Crippen LogP contribution in [0, 0.1) is 0 Å². The van der Waals surface area contributed by atoms with Crippen molar-refractivity contribution < 1.29 is 37.1 Å². The van der Waals surface area contributed by atoms with Gasteiger partial charge in [0.2, 0.25) is 11.8 Å². The van der Waals surface area contributed by atoms with Gasteiger partial charge in [-0.15, -0.1) is 0 Å². The standard InChI is InChI=1S/C22H25F3N4O2.C20H31N3O3/c1-14(2)15-3-6-17(7-4-15)28-20(31)21(26)9-11-29(12-10-21)19(30)16-5-8-18(27-13-16)22(23,24)25;1-14(2)15-6-8-16(9-7-15)22-17(24)20(10-12-21-13-11-20)23-18(25)26-19(3,4)5/h3-8,13-14H,9-12,26H2,1-2H3,(H,28,31);6-9,14,21H,10-13H2,1-5H3,(H,22,24)(H,23,25). The summed E-state index contributed by atoms with van der Waals surface area (Å²) in [6.45, 7) is 15.6. The third kappa shape index (κ3) is 12.5. The Bertz CT molecular complexity index is 1830. The summed E-state index contributed by atoms with van der Waals surface area (Å²) in [6, 6.07) is 17.3. The van der Waals surface area contributed by atoms with Gasteiger partial charge >= 0.3 is 12.3 Å². The number of amides is 4. The first-order valence-electron chi connectivity index (χ1n) is 19.3. The summed E-state index contributed by atoms with van der Waals surface area (Å²) in [7, 11) is 0. The van der Waals surface area contributed by atoms with Crippen LogP contribution < -0.4 is 27.0 Å². The van der Waals surface area contributed by atoms with Gasteiger partial charge < -0.3 is 36.6 Å². The van der Waals surface area contributed by atoms with Gasteiger partial charge in [-0.1, -0.05) is 52.0 Å². The highest BCUT2D eigenvalue weighted by molar-refractivity contribution is 6.00. The second kappa shape index (κ2) is 18.5. The number of alkyl halides is 3. The van der Waals surface area contributed by atoms with E-state index in [1.165, 1.54) is 10.5 Å². The molecule has 2 aromatic carbocycles. The van der Waals surface area contributed by atoms with Crippen LogP contribution in [0.5, 0.6) is 0 Å². The van der Waals surface area contributed by atoms with Crippen LogP contribution in [0.3, 0.4) is 0 Å². The SMILES string of the molecule is CC(C)c1ccc(NC(=O)C2(N)CCN(C(=O)c3ccc(C(F)(F)F)nc3)CC2)cc1.CC(C)c1ccc(NC(=O)C2(NC(=O)OC(C)(C)C)CCNCC2)cc1. The van der Waals surface area contributed by atoms with Crippen LogP contribution in [0.25, 0.3) is 0 Å². The highest BCUT2D eigenvalue weighted by Gasteiger charge is 2.42. The average Bonchev–Trinajstić information content (AvgIpc) is 3.15. The number of hydrogen-bond donors (Lipinski definition) is 5. The smallest absolute Gasteiger partial charge is 0.433 e. The molecule has 2 fully saturated rings. The number of nitrogens with zero attached hydrogens (tertiary/aromatic N) is 2. The maximum atomic E-state index is 13.0. The number of aromatic nitrogens is 1.